The van der Waals surface area contributed by atoms with Crippen molar-refractivity contribution in [3.63, 3.8) is 0 Å². The van der Waals surface area contributed by atoms with Crippen molar-refractivity contribution in [1.29, 1.82) is 0 Å². The molecule has 0 fully saturated rings. The zero-order valence-corrected chi connectivity index (χ0v) is 30.8. The Morgan fingerprint density at radius 1 is 0.725 bits per heavy atom. The lowest BCUT2D eigenvalue weighted by atomic mass is 9.82. The van der Waals surface area contributed by atoms with Gasteiger partial charge in [0.05, 0.1) is 12.7 Å². The first-order chi connectivity index (χ1) is 24.6. The second-order valence-electron chi connectivity index (χ2n) is 15.5. The number of pyridine rings is 1. The van der Waals surface area contributed by atoms with Gasteiger partial charge in [0.25, 0.3) is 5.82 Å². The van der Waals surface area contributed by atoms with Crippen LogP contribution in [0.5, 0.6) is 0 Å². The molecule has 1 aliphatic rings. The smallest absolute Gasteiger partial charge is 0.299 e. The van der Waals surface area contributed by atoms with Crippen molar-refractivity contribution >= 4 is 33.0 Å². The van der Waals surface area contributed by atoms with Gasteiger partial charge in [0.2, 0.25) is 0 Å². The Hall–Kier alpha value is -5.48. The average molecular weight is 667 g/mol. The maximum absolute atomic E-state index is 7.24. The van der Waals surface area contributed by atoms with Gasteiger partial charge in [-0.2, -0.15) is 4.57 Å². The first-order valence-electron chi connectivity index (χ1n) is 18.3. The third kappa shape index (κ3) is 4.45. The molecule has 1 aliphatic carbocycles. The lowest BCUT2D eigenvalue weighted by Crippen LogP contribution is -2.30. The van der Waals surface area contributed by atoms with Crippen LogP contribution in [0.1, 0.15) is 81.2 Å². The molecular formula is C47H44N3O+. The van der Waals surface area contributed by atoms with Gasteiger partial charge in [0.1, 0.15) is 16.8 Å². The molecule has 3 heterocycles. The van der Waals surface area contributed by atoms with E-state index in [0.717, 1.165) is 39.0 Å². The Kier molecular flexibility index (Phi) is 6.96. The Morgan fingerprint density at radius 3 is 2.12 bits per heavy atom. The molecule has 0 amide bonds. The lowest BCUT2D eigenvalue weighted by Gasteiger charge is -2.21. The topological polar surface area (TPSA) is 34.8 Å². The maximum Gasteiger partial charge on any atom is 0.299 e. The number of hydrogen-bond donors (Lipinski definition) is 0. The van der Waals surface area contributed by atoms with E-state index in [4.69, 9.17) is 9.40 Å². The molecule has 4 nitrogen and oxygen atoms in total. The summed E-state index contributed by atoms with van der Waals surface area (Å²) >= 11 is 0. The average Bonchev–Trinajstić information content (AvgIpc) is 3.73. The van der Waals surface area contributed by atoms with E-state index in [-0.39, 0.29) is 5.41 Å². The van der Waals surface area contributed by atoms with Crippen molar-refractivity contribution in [3.05, 3.63) is 137 Å². The summed E-state index contributed by atoms with van der Waals surface area (Å²) in [5, 5.41) is 2.16. The van der Waals surface area contributed by atoms with Crippen LogP contribution in [0.15, 0.2) is 114 Å². The first kappa shape index (κ1) is 31.5. The normalized spacial score (nSPS) is 13.6. The minimum Gasteiger partial charge on any atom is -0.455 e. The van der Waals surface area contributed by atoms with Gasteiger partial charge in [0.15, 0.2) is 16.6 Å². The summed E-state index contributed by atoms with van der Waals surface area (Å²) in [6, 6.07) is 37.6. The molecule has 0 aliphatic heterocycles. The van der Waals surface area contributed by atoms with Crippen LogP contribution in [0.3, 0.4) is 0 Å². The highest BCUT2D eigenvalue weighted by molar-refractivity contribution is 6.12. The fourth-order valence-electron chi connectivity index (χ4n) is 8.76. The van der Waals surface area contributed by atoms with Crippen LogP contribution in [-0.4, -0.2) is 9.55 Å². The zero-order chi connectivity index (χ0) is 35.3. The van der Waals surface area contributed by atoms with Gasteiger partial charge in [-0.3, -0.25) is 4.98 Å². The van der Waals surface area contributed by atoms with Crippen LogP contribution >= 0.6 is 0 Å². The fourth-order valence-corrected chi connectivity index (χ4v) is 8.76. The number of aromatic nitrogens is 3. The number of furan rings is 1. The molecule has 0 saturated carbocycles. The molecule has 5 aromatic carbocycles. The van der Waals surface area contributed by atoms with Crippen molar-refractivity contribution in [2.24, 2.45) is 7.05 Å². The van der Waals surface area contributed by atoms with Gasteiger partial charge >= 0.3 is 0 Å². The Labute approximate surface area is 300 Å². The molecule has 0 saturated heterocycles. The van der Waals surface area contributed by atoms with Crippen LogP contribution in [0, 0.1) is 6.92 Å². The number of benzene rings is 5. The molecule has 0 atom stereocenters. The predicted molar refractivity (Wildman–Crippen MR) is 211 cm³/mol. The number of para-hydroxylation sites is 2. The number of fused-ring (bicyclic) bond motifs is 8. The second kappa shape index (κ2) is 11.3. The molecule has 0 radical (unpaired) electrons. The zero-order valence-electron chi connectivity index (χ0n) is 30.8. The summed E-state index contributed by atoms with van der Waals surface area (Å²) in [4.78, 5) is 5.11. The molecule has 9 rings (SSSR count). The Bertz CT molecular complexity index is 2660. The minimum absolute atomic E-state index is 0.236. The lowest BCUT2D eigenvalue weighted by molar-refractivity contribution is -0.633. The van der Waals surface area contributed by atoms with E-state index in [1.54, 1.807) is 0 Å². The van der Waals surface area contributed by atoms with Crippen LogP contribution in [-0.2, 0) is 12.5 Å². The quantitative estimate of drug-likeness (QED) is 0.171. The third-order valence-corrected chi connectivity index (χ3v) is 11.4. The van der Waals surface area contributed by atoms with E-state index in [9.17, 15) is 0 Å². The summed E-state index contributed by atoms with van der Waals surface area (Å²) in [5.74, 6) is 1.70. The van der Waals surface area contributed by atoms with Crippen LogP contribution in [0.25, 0.3) is 72.4 Å². The van der Waals surface area contributed by atoms with E-state index >= 15 is 0 Å². The van der Waals surface area contributed by atoms with Gasteiger partial charge in [-0.25, -0.2) is 4.57 Å². The van der Waals surface area contributed by atoms with Gasteiger partial charge in [-0.05, 0) is 65.3 Å². The summed E-state index contributed by atoms with van der Waals surface area (Å²) in [6.07, 6.45) is 2.03. The first-order valence-corrected chi connectivity index (χ1v) is 18.3. The Morgan fingerprint density at radius 2 is 1.39 bits per heavy atom. The van der Waals surface area contributed by atoms with Gasteiger partial charge in [-0.15, -0.1) is 0 Å². The molecule has 8 aromatic rings. The van der Waals surface area contributed by atoms with E-state index in [2.05, 4.69) is 168 Å². The highest BCUT2D eigenvalue weighted by atomic mass is 16.3. The van der Waals surface area contributed by atoms with E-state index in [1.165, 1.54) is 61.2 Å². The molecule has 0 unspecified atom stereocenters. The molecular weight excluding hydrogens is 623 g/mol. The number of nitrogens with zero attached hydrogens (tertiary/aromatic N) is 3. The van der Waals surface area contributed by atoms with Gasteiger partial charge in [-0.1, -0.05) is 120 Å². The highest BCUT2D eigenvalue weighted by Crippen LogP contribution is 2.52. The summed E-state index contributed by atoms with van der Waals surface area (Å²) in [7, 11) is 2.20. The van der Waals surface area contributed by atoms with Crippen molar-refractivity contribution in [1.82, 2.24) is 9.55 Å². The Balaban J connectivity index is 1.40. The summed E-state index contributed by atoms with van der Waals surface area (Å²) in [6.45, 7) is 16.1. The molecule has 4 heteroatoms. The molecule has 252 valence electrons. The standard InChI is InChI=1S/C47H44N3O/c1-27(2)34-24-31(30-16-10-9-11-17-30)25-35(28(3)4)43(34)50-39-21-15-14-20-38(39)49(8)46(50)40-29(5)22-23-32-36-26-48-42-33-18-12-13-19-37(33)47(6,7)41(42)45(36)51-44(32)40/h9-28H,1-8H3/q+1. The molecule has 0 N–H and O–H groups in total. The highest BCUT2D eigenvalue weighted by Gasteiger charge is 2.40. The van der Waals surface area contributed by atoms with Crippen molar-refractivity contribution < 1.29 is 8.98 Å². The number of imidazole rings is 1. The van der Waals surface area contributed by atoms with Gasteiger partial charge in [0, 0.05) is 44.6 Å². The van der Waals surface area contributed by atoms with E-state index in [1.807, 2.05) is 6.20 Å². The summed E-state index contributed by atoms with van der Waals surface area (Å²) < 4.78 is 12.1. The van der Waals surface area contributed by atoms with Gasteiger partial charge < -0.3 is 4.42 Å². The van der Waals surface area contributed by atoms with Crippen LogP contribution < -0.4 is 4.57 Å². The molecule has 0 spiro atoms. The minimum atomic E-state index is -0.236. The SMILES string of the molecule is Cc1ccc2c(oc3c4c(ncc32)-c2ccccc2C4(C)C)c1-c1n(-c2c(C(C)C)cc(-c3ccccc3)cc2C(C)C)c2ccccc2[n+]1C. The van der Waals surface area contributed by atoms with Crippen molar-refractivity contribution in [3.8, 4) is 39.5 Å². The molecule has 51 heavy (non-hydrogen) atoms. The monoisotopic (exact) mass is 666 g/mol. The fraction of sp³-hybridized carbons (Fsp3) is 0.234. The van der Waals surface area contributed by atoms with Crippen molar-refractivity contribution in [2.45, 2.75) is 65.7 Å². The van der Waals surface area contributed by atoms with E-state index < -0.39 is 0 Å². The predicted octanol–water partition coefficient (Wildman–Crippen LogP) is 11.9. The van der Waals surface area contributed by atoms with Crippen LogP contribution in [0.2, 0.25) is 0 Å². The number of rotatable bonds is 5. The third-order valence-electron chi connectivity index (χ3n) is 11.4. The second-order valence-corrected chi connectivity index (χ2v) is 15.5. The van der Waals surface area contributed by atoms with Crippen molar-refractivity contribution in [2.75, 3.05) is 0 Å². The van der Waals surface area contributed by atoms with E-state index in [0.29, 0.717) is 11.8 Å². The maximum atomic E-state index is 7.24. The molecule has 0 bridgehead atoms. The number of hydrogen-bond acceptors (Lipinski definition) is 2. The largest absolute Gasteiger partial charge is 0.455 e. The number of aryl methyl sites for hydroxylation is 2. The summed E-state index contributed by atoms with van der Waals surface area (Å²) in [5.41, 5.74) is 17.4. The van der Waals surface area contributed by atoms with Crippen LogP contribution in [0.4, 0.5) is 0 Å². The molecule has 3 aromatic heterocycles.